The van der Waals surface area contributed by atoms with E-state index >= 15 is 0 Å². The third-order valence-electron chi connectivity index (χ3n) is 3.39. The Morgan fingerprint density at radius 3 is 2.88 bits per heavy atom. The minimum absolute atomic E-state index is 0.0960. The second kappa shape index (κ2) is 7.98. The predicted octanol–water partition coefficient (Wildman–Crippen LogP) is 2.45. The lowest BCUT2D eigenvalue weighted by molar-refractivity contribution is -0.140. The van der Waals surface area contributed by atoms with Gasteiger partial charge in [-0.1, -0.05) is 13.8 Å². The highest BCUT2D eigenvalue weighted by atomic mass is 32.2. The Morgan fingerprint density at radius 2 is 2.24 bits per heavy atom. The molecule has 3 nitrogen and oxygen atoms in total. The van der Waals surface area contributed by atoms with Crippen LogP contribution in [0, 0.1) is 5.92 Å². The number of methoxy groups -OCH3 is 1. The van der Waals surface area contributed by atoms with Crippen LogP contribution < -0.4 is 5.32 Å². The van der Waals surface area contributed by atoms with Gasteiger partial charge in [-0.05, 0) is 31.7 Å². The Balaban J connectivity index is 2.32. The van der Waals surface area contributed by atoms with E-state index in [1.54, 1.807) is 0 Å². The van der Waals surface area contributed by atoms with E-state index in [1.807, 2.05) is 11.8 Å². The summed E-state index contributed by atoms with van der Waals surface area (Å²) in [7, 11) is 1.46. The van der Waals surface area contributed by atoms with Crippen molar-refractivity contribution >= 4 is 17.7 Å². The topological polar surface area (TPSA) is 38.3 Å². The molecule has 0 aromatic rings. The molecule has 0 aliphatic heterocycles. The molecule has 0 spiro atoms. The summed E-state index contributed by atoms with van der Waals surface area (Å²) in [6, 6.07) is 0.624. The van der Waals surface area contributed by atoms with Gasteiger partial charge in [0.2, 0.25) is 0 Å². The molecule has 100 valence electrons. The zero-order chi connectivity index (χ0) is 12.7. The molecule has 3 unspecified atom stereocenters. The summed E-state index contributed by atoms with van der Waals surface area (Å²) in [4.78, 5) is 11.1. The number of esters is 1. The third-order valence-corrected chi connectivity index (χ3v) is 4.77. The molecule has 0 heterocycles. The largest absolute Gasteiger partial charge is 0.469 e. The van der Waals surface area contributed by atoms with Gasteiger partial charge in [0.25, 0.3) is 0 Å². The number of rotatable bonds is 6. The van der Waals surface area contributed by atoms with Crippen molar-refractivity contribution in [3.05, 3.63) is 0 Å². The van der Waals surface area contributed by atoms with E-state index in [1.165, 1.54) is 26.4 Å². The first kappa shape index (κ1) is 14.8. The Hall–Kier alpha value is -0.220. The fourth-order valence-electron chi connectivity index (χ4n) is 2.40. The average molecular weight is 259 g/mol. The first-order chi connectivity index (χ1) is 8.17. The van der Waals surface area contributed by atoms with Crippen LogP contribution >= 0.6 is 11.8 Å². The molecule has 0 bridgehead atoms. The summed E-state index contributed by atoms with van der Waals surface area (Å²) in [5, 5.41) is 4.23. The second-order valence-electron chi connectivity index (χ2n) is 4.82. The van der Waals surface area contributed by atoms with Crippen LogP contribution in [0.15, 0.2) is 0 Å². The van der Waals surface area contributed by atoms with Crippen molar-refractivity contribution in [2.75, 3.05) is 19.4 Å². The Labute approximate surface area is 109 Å². The molecule has 0 aromatic heterocycles. The normalized spacial score (nSPS) is 29.0. The number of nitrogens with one attached hydrogen (secondary N) is 1. The monoisotopic (exact) mass is 259 g/mol. The average Bonchev–Trinajstić information content (AvgIpc) is 2.32. The number of thioether (sulfide) groups is 1. The van der Waals surface area contributed by atoms with Gasteiger partial charge in [-0.2, -0.15) is 11.8 Å². The summed E-state index contributed by atoms with van der Waals surface area (Å²) in [5.41, 5.74) is 0. The maximum atomic E-state index is 11.1. The summed E-state index contributed by atoms with van der Waals surface area (Å²) in [6.45, 7) is 5.53. The molecule has 1 aliphatic carbocycles. The minimum Gasteiger partial charge on any atom is -0.469 e. The highest BCUT2D eigenvalue weighted by molar-refractivity contribution is 7.99. The molecule has 0 amide bonds. The molecule has 17 heavy (non-hydrogen) atoms. The van der Waals surface area contributed by atoms with Crippen LogP contribution in [-0.2, 0) is 9.53 Å². The zero-order valence-corrected chi connectivity index (χ0v) is 12.0. The van der Waals surface area contributed by atoms with E-state index in [0.717, 1.165) is 18.2 Å². The van der Waals surface area contributed by atoms with E-state index in [-0.39, 0.29) is 5.97 Å². The van der Waals surface area contributed by atoms with E-state index in [9.17, 15) is 4.79 Å². The quantitative estimate of drug-likeness (QED) is 0.744. The van der Waals surface area contributed by atoms with E-state index < -0.39 is 0 Å². The lowest BCUT2D eigenvalue weighted by atomic mass is 9.87. The molecule has 1 fully saturated rings. The van der Waals surface area contributed by atoms with Gasteiger partial charge in [0, 0.05) is 17.0 Å². The van der Waals surface area contributed by atoms with Crippen molar-refractivity contribution in [3.63, 3.8) is 0 Å². The van der Waals surface area contributed by atoms with Crippen LogP contribution in [0.3, 0.4) is 0 Å². The number of carbonyl (C=O) groups is 1. The Bertz CT molecular complexity index is 235. The van der Waals surface area contributed by atoms with Crippen LogP contribution in [0.1, 0.15) is 39.5 Å². The SMILES string of the molecule is CCNC1CCC(C)CC1SCCC(=O)OC. The highest BCUT2D eigenvalue weighted by Gasteiger charge is 2.28. The molecule has 0 radical (unpaired) electrons. The molecule has 1 N–H and O–H groups in total. The first-order valence-corrected chi connectivity index (χ1v) is 7.64. The van der Waals surface area contributed by atoms with Crippen molar-refractivity contribution < 1.29 is 9.53 Å². The lowest BCUT2D eigenvalue weighted by Crippen LogP contribution is -2.42. The fourth-order valence-corrected chi connectivity index (χ4v) is 3.92. The standard InChI is InChI=1S/C13H25NO2S/c1-4-14-11-6-5-10(2)9-12(11)17-8-7-13(15)16-3/h10-12,14H,4-9H2,1-3H3. The summed E-state index contributed by atoms with van der Waals surface area (Å²) in [5.74, 6) is 1.60. The van der Waals surface area contributed by atoms with Crippen molar-refractivity contribution in [2.24, 2.45) is 5.92 Å². The van der Waals surface area contributed by atoms with Crippen molar-refractivity contribution in [1.29, 1.82) is 0 Å². The molecular weight excluding hydrogens is 234 g/mol. The fraction of sp³-hybridized carbons (Fsp3) is 0.923. The van der Waals surface area contributed by atoms with Crippen molar-refractivity contribution in [3.8, 4) is 0 Å². The summed E-state index contributed by atoms with van der Waals surface area (Å²) in [6.07, 6.45) is 4.39. The van der Waals surface area contributed by atoms with Crippen LogP contribution in [-0.4, -0.2) is 36.7 Å². The molecule has 1 rings (SSSR count). The van der Waals surface area contributed by atoms with Gasteiger partial charge in [-0.3, -0.25) is 4.79 Å². The van der Waals surface area contributed by atoms with Gasteiger partial charge < -0.3 is 10.1 Å². The molecule has 1 aliphatic rings. The lowest BCUT2D eigenvalue weighted by Gasteiger charge is -2.35. The van der Waals surface area contributed by atoms with Crippen LogP contribution in [0.4, 0.5) is 0 Å². The molecule has 3 atom stereocenters. The number of hydrogen-bond acceptors (Lipinski definition) is 4. The Morgan fingerprint density at radius 1 is 1.47 bits per heavy atom. The van der Waals surface area contributed by atoms with Crippen molar-refractivity contribution in [1.82, 2.24) is 5.32 Å². The van der Waals surface area contributed by atoms with Gasteiger partial charge in [-0.15, -0.1) is 0 Å². The minimum atomic E-state index is -0.0960. The van der Waals surface area contributed by atoms with Gasteiger partial charge >= 0.3 is 5.97 Å². The van der Waals surface area contributed by atoms with E-state index in [2.05, 4.69) is 23.9 Å². The van der Waals surface area contributed by atoms with Gasteiger partial charge in [0.1, 0.15) is 0 Å². The number of ether oxygens (including phenoxy) is 1. The van der Waals surface area contributed by atoms with Gasteiger partial charge in [0.15, 0.2) is 0 Å². The van der Waals surface area contributed by atoms with Crippen LogP contribution in [0.25, 0.3) is 0 Å². The maximum absolute atomic E-state index is 11.1. The first-order valence-electron chi connectivity index (χ1n) is 6.59. The van der Waals surface area contributed by atoms with Gasteiger partial charge in [-0.25, -0.2) is 0 Å². The highest BCUT2D eigenvalue weighted by Crippen LogP contribution is 2.32. The maximum Gasteiger partial charge on any atom is 0.306 e. The van der Waals surface area contributed by atoms with Crippen LogP contribution in [0.2, 0.25) is 0 Å². The van der Waals surface area contributed by atoms with E-state index in [4.69, 9.17) is 0 Å². The molecule has 0 saturated heterocycles. The van der Waals surface area contributed by atoms with Crippen molar-refractivity contribution in [2.45, 2.75) is 50.8 Å². The van der Waals surface area contributed by atoms with Crippen LogP contribution in [0.5, 0.6) is 0 Å². The summed E-state index contributed by atoms with van der Waals surface area (Å²) >= 11 is 1.93. The molecule has 4 heteroatoms. The Kier molecular flexibility index (Phi) is 6.97. The van der Waals surface area contributed by atoms with E-state index in [0.29, 0.717) is 17.7 Å². The molecular formula is C13H25NO2S. The smallest absolute Gasteiger partial charge is 0.306 e. The predicted molar refractivity (Wildman–Crippen MR) is 73.4 cm³/mol. The number of carbonyl (C=O) groups excluding carboxylic acids is 1. The second-order valence-corrected chi connectivity index (χ2v) is 6.16. The van der Waals surface area contributed by atoms with Gasteiger partial charge in [0.05, 0.1) is 13.5 Å². The molecule has 1 saturated carbocycles. The summed E-state index contributed by atoms with van der Waals surface area (Å²) < 4.78 is 4.67. The zero-order valence-electron chi connectivity index (χ0n) is 11.2. The number of hydrogen-bond donors (Lipinski definition) is 1. The molecule has 0 aromatic carbocycles. The third kappa shape index (κ3) is 5.30.